The minimum atomic E-state index is -3.41. The molecule has 6 rings (SSSR count). The Labute approximate surface area is 253 Å². The number of fused-ring (bicyclic) bond motifs is 3. The summed E-state index contributed by atoms with van der Waals surface area (Å²) in [6, 6.07) is 6.81. The summed E-state index contributed by atoms with van der Waals surface area (Å²) in [6.45, 7) is 4.41. The van der Waals surface area contributed by atoms with Crippen molar-refractivity contribution < 1.29 is 31.1 Å². The SMILES string of the molecule is C=Nc1ncc(-c2cccnc2[C@H](Cc2cc(F)cc(F)c2)NC(=O)Cn2nc(C(F)F)c3c2C(F)(F)C2CC32)cc1/N=C\C. The van der Waals surface area contributed by atoms with Gasteiger partial charge in [-0.15, -0.1) is 0 Å². The van der Waals surface area contributed by atoms with Crippen LogP contribution in [0.2, 0.25) is 0 Å². The Hall–Kier alpha value is -4.88. The molecule has 3 atom stereocenters. The Bertz CT molecular complexity index is 1820. The zero-order valence-electron chi connectivity index (χ0n) is 23.7. The van der Waals surface area contributed by atoms with Gasteiger partial charge in [0.25, 0.3) is 12.3 Å². The van der Waals surface area contributed by atoms with Gasteiger partial charge in [-0.3, -0.25) is 19.5 Å². The number of aromatic nitrogens is 4. The van der Waals surface area contributed by atoms with E-state index in [-0.39, 0.29) is 35.5 Å². The molecule has 2 aliphatic rings. The lowest BCUT2D eigenvalue weighted by Crippen LogP contribution is -2.35. The second kappa shape index (κ2) is 11.6. The molecule has 0 radical (unpaired) electrons. The topological polar surface area (TPSA) is 97.4 Å². The number of alkyl halides is 4. The molecule has 0 bridgehead atoms. The molecule has 2 aliphatic carbocycles. The zero-order valence-corrected chi connectivity index (χ0v) is 23.7. The molecule has 3 heterocycles. The predicted molar refractivity (Wildman–Crippen MR) is 153 cm³/mol. The minimum absolute atomic E-state index is 0.0797. The van der Waals surface area contributed by atoms with Crippen LogP contribution in [-0.2, 0) is 23.7 Å². The van der Waals surface area contributed by atoms with Crippen molar-refractivity contribution in [2.45, 2.75) is 50.6 Å². The van der Waals surface area contributed by atoms with Crippen LogP contribution in [0.15, 0.2) is 58.8 Å². The molecular weight excluding hydrogens is 600 g/mol. The van der Waals surface area contributed by atoms with Crippen LogP contribution in [0, 0.1) is 17.6 Å². The van der Waals surface area contributed by atoms with Gasteiger partial charge in [-0.1, -0.05) is 6.07 Å². The number of benzene rings is 1. The van der Waals surface area contributed by atoms with Crippen LogP contribution in [0.25, 0.3) is 11.1 Å². The number of pyridine rings is 2. The van der Waals surface area contributed by atoms with Crippen molar-refractivity contribution in [2.75, 3.05) is 0 Å². The number of halogens is 6. The van der Waals surface area contributed by atoms with E-state index >= 15 is 8.78 Å². The van der Waals surface area contributed by atoms with Crippen molar-refractivity contribution in [1.29, 1.82) is 0 Å². The summed E-state index contributed by atoms with van der Waals surface area (Å²) in [6.07, 6.45) is 1.31. The van der Waals surface area contributed by atoms with Gasteiger partial charge in [-0.2, -0.15) is 13.9 Å². The highest BCUT2D eigenvalue weighted by Crippen LogP contribution is 2.68. The average molecular weight is 626 g/mol. The van der Waals surface area contributed by atoms with E-state index in [9.17, 15) is 22.4 Å². The molecule has 14 heteroatoms. The second-order valence-corrected chi connectivity index (χ2v) is 10.8. The standard InChI is InChI=1S/C31H25F6N7O/c1-3-39-23-10-16(13-41-30(23)38-2)19-5-4-6-40-26(19)22(9-15-7-17(32)11-18(33)8-15)42-24(45)14-44-28-25(27(43-44)29(34)35)20-12-21(20)31(28,36)37/h3-8,10-11,13,20-22,29H,2,9,12,14H2,1H3,(H,42,45)/b39-3-/t20?,21?,22-/m0/s1. The molecule has 8 nitrogen and oxygen atoms in total. The van der Waals surface area contributed by atoms with Gasteiger partial charge >= 0.3 is 0 Å². The van der Waals surface area contributed by atoms with Gasteiger partial charge in [-0.05, 0) is 62.2 Å². The molecule has 4 aromatic rings. The third-order valence-electron chi connectivity index (χ3n) is 7.90. The fourth-order valence-corrected chi connectivity index (χ4v) is 6.02. The molecule has 45 heavy (non-hydrogen) atoms. The highest BCUT2D eigenvalue weighted by atomic mass is 19.3. The molecule has 0 aliphatic heterocycles. The molecule has 1 N–H and O–H groups in total. The molecular formula is C31H25F6N7O. The van der Waals surface area contributed by atoms with Crippen molar-refractivity contribution in [3.8, 4) is 11.1 Å². The lowest BCUT2D eigenvalue weighted by Gasteiger charge is -2.22. The number of nitrogens with zero attached hydrogens (tertiary/aromatic N) is 6. The van der Waals surface area contributed by atoms with Gasteiger partial charge in [0.15, 0.2) is 5.82 Å². The molecule has 2 unspecified atom stereocenters. The molecule has 0 spiro atoms. The second-order valence-electron chi connectivity index (χ2n) is 10.8. The monoisotopic (exact) mass is 625 g/mol. The van der Waals surface area contributed by atoms with Crippen molar-refractivity contribution in [1.82, 2.24) is 25.1 Å². The van der Waals surface area contributed by atoms with E-state index in [0.29, 0.717) is 27.6 Å². The predicted octanol–water partition coefficient (Wildman–Crippen LogP) is 6.92. The number of hydrogen-bond donors (Lipinski definition) is 1. The summed E-state index contributed by atoms with van der Waals surface area (Å²) in [5.41, 5.74) is 0.188. The third kappa shape index (κ3) is 5.60. The smallest absolute Gasteiger partial charge is 0.293 e. The Balaban J connectivity index is 1.38. The van der Waals surface area contributed by atoms with Gasteiger partial charge in [-0.25, -0.2) is 27.5 Å². The summed E-state index contributed by atoms with van der Waals surface area (Å²) in [7, 11) is 0. The molecule has 232 valence electrons. The number of rotatable bonds is 10. The van der Waals surface area contributed by atoms with Crippen molar-refractivity contribution in [2.24, 2.45) is 15.9 Å². The van der Waals surface area contributed by atoms with E-state index < -0.39 is 65.7 Å². The third-order valence-corrected chi connectivity index (χ3v) is 7.90. The lowest BCUT2D eigenvalue weighted by atomic mass is 9.96. The van der Waals surface area contributed by atoms with E-state index in [2.05, 4.69) is 37.1 Å². The Morgan fingerprint density at radius 2 is 1.93 bits per heavy atom. The lowest BCUT2D eigenvalue weighted by molar-refractivity contribution is -0.123. The van der Waals surface area contributed by atoms with E-state index in [1.165, 1.54) is 12.4 Å². The number of aliphatic imine (C=N–C) groups is 2. The first-order chi connectivity index (χ1) is 21.5. The molecule has 1 amide bonds. The Morgan fingerprint density at radius 1 is 1.18 bits per heavy atom. The molecule has 1 fully saturated rings. The maximum Gasteiger partial charge on any atom is 0.293 e. The summed E-state index contributed by atoms with van der Waals surface area (Å²) in [5.74, 6) is -7.50. The van der Waals surface area contributed by atoms with Crippen LogP contribution in [0.5, 0.6) is 0 Å². The maximum atomic E-state index is 15.1. The highest BCUT2D eigenvalue weighted by Gasteiger charge is 2.67. The molecule has 1 aromatic carbocycles. The van der Waals surface area contributed by atoms with Gasteiger partial charge in [0, 0.05) is 47.3 Å². The van der Waals surface area contributed by atoms with Gasteiger partial charge in [0.1, 0.15) is 35.3 Å². The van der Waals surface area contributed by atoms with Crippen molar-refractivity contribution in [3.63, 3.8) is 0 Å². The van der Waals surface area contributed by atoms with Crippen LogP contribution in [-0.4, -0.2) is 38.6 Å². The number of carbonyl (C=O) groups is 1. The number of nitrogens with one attached hydrogen (secondary N) is 1. The molecule has 1 saturated carbocycles. The quantitative estimate of drug-likeness (QED) is 0.153. The summed E-state index contributed by atoms with van der Waals surface area (Å²) < 4.78 is 86.6. The number of carbonyl (C=O) groups excluding carboxylic acids is 1. The van der Waals surface area contributed by atoms with Gasteiger partial charge in [0.05, 0.1) is 11.7 Å². The largest absolute Gasteiger partial charge is 0.346 e. The first-order valence-electron chi connectivity index (χ1n) is 13.9. The van der Waals surface area contributed by atoms with E-state index in [0.717, 1.165) is 12.1 Å². The first-order valence-corrected chi connectivity index (χ1v) is 13.9. The van der Waals surface area contributed by atoms with Crippen LogP contribution >= 0.6 is 0 Å². The van der Waals surface area contributed by atoms with Gasteiger partial charge < -0.3 is 5.32 Å². The first kappa shape index (κ1) is 30.2. The summed E-state index contributed by atoms with van der Waals surface area (Å²) in [5, 5.41) is 6.42. The fraction of sp³-hybridized carbons (Fsp3) is 0.290. The van der Waals surface area contributed by atoms with Crippen LogP contribution in [0.4, 0.5) is 37.8 Å². The van der Waals surface area contributed by atoms with Crippen LogP contribution < -0.4 is 5.32 Å². The summed E-state index contributed by atoms with van der Waals surface area (Å²) >= 11 is 0. The van der Waals surface area contributed by atoms with E-state index in [1.54, 1.807) is 31.3 Å². The van der Waals surface area contributed by atoms with Crippen molar-refractivity contribution in [3.05, 3.63) is 88.6 Å². The highest BCUT2D eigenvalue weighted by molar-refractivity contribution is 5.78. The van der Waals surface area contributed by atoms with Crippen LogP contribution in [0.1, 0.15) is 59.9 Å². The molecule has 0 saturated heterocycles. The zero-order chi connectivity index (χ0) is 32.0. The van der Waals surface area contributed by atoms with E-state index in [4.69, 9.17) is 0 Å². The number of amides is 1. The van der Waals surface area contributed by atoms with Crippen molar-refractivity contribution >= 4 is 30.3 Å². The maximum absolute atomic E-state index is 15.1. The minimum Gasteiger partial charge on any atom is -0.346 e. The number of hydrogen-bond acceptors (Lipinski definition) is 6. The van der Waals surface area contributed by atoms with Crippen LogP contribution in [0.3, 0.4) is 0 Å². The van der Waals surface area contributed by atoms with Gasteiger partial charge in [0.2, 0.25) is 5.91 Å². The Kier molecular flexibility index (Phi) is 7.75. The Morgan fingerprint density at radius 3 is 2.62 bits per heavy atom. The van der Waals surface area contributed by atoms with E-state index in [1.807, 2.05) is 0 Å². The average Bonchev–Trinajstić information content (AvgIpc) is 3.65. The fourth-order valence-electron chi connectivity index (χ4n) is 6.02. The summed E-state index contributed by atoms with van der Waals surface area (Å²) in [4.78, 5) is 30.3. The molecule has 3 aromatic heterocycles. The normalized spacial score (nSPS) is 18.6.